The van der Waals surface area contributed by atoms with Crippen molar-refractivity contribution in [1.29, 1.82) is 5.26 Å². The van der Waals surface area contributed by atoms with Crippen LogP contribution in [0, 0.1) is 34.5 Å². The molecule has 0 aromatic rings. The quantitative estimate of drug-likeness (QED) is 0.322. The Labute approximate surface area is 189 Å². The van der Waals surface area contributed by atoms with E-state index in [1.165, 1.54) is 51.4 Å². The highest BCUT2D eigenvalue weighted by atomic mass is 16.7. The molecule has 0 spiro atoms. The Kier molecular flexibility index (Phi) is 9.66. The average Bonchev–Trinajstić information content (AvgIpc) is 2.81. The summed E-state index contributed by atoms with van der Waals surface area (Å²) in [6.45, 7) is 4.67. The van der Waals surface area contributed by atoms with Gasteiger partial charge in [0.2, 0.25) is 5.41 Å². The number of hydrogen-bond donors (Lipinski definition) is 0. The summed E-state index contributed by atoms with van der Waals surface area (Å²) >= 11 is 0. The molecule has 0 radical (unpaired) electrons. The predicted molar refractivity (Wildman–Crippen MR) is 120 cm³/mol. The van der Waals surface area contributed by atoms with Gasteiger partial charge >= 0.3 is 5.97 Å². The fraction of sp³-hybridized carbons (Fsp3) is 0.923. The Morgan fingerprint density at radius 3 is 2.10 bits per heavy atom. The lowest BCUT2D eigenvalue weighted by Gasteiger charge is -2.40. The molecule has 0 amide bonds. The number of esters is 1. The van der Waals surface area contributed by atoms with Crippen LogP contribution in [0.1, 0.15) is 104 Å². The molecule has 0 unspecified atom stereocenters. The van der Waals surface area contributed by atoms with Gasteiger partial charge in [-0.3, -0.25) is 4.79 Å². The number of nitrogens with zero attached hydrogens (tertiary/aromatic N) is 1. The second-order valence-electron chi connectivity index (χ2n) is 10.3. The van der Waals surface area contributed by atoms with Crippen LogP contribution in [0.25, 0.3) is 0 Å². The lowest BCUT2D eigenvalue weighted by Crippen LogP contribution is -2.50. The molecule has 1 aliphatic heterocycles. The van der Waals surface area contributed by atoms with Gasteiger partial charge in [-0.15, -0.1) is 0 Å². The van der Waals surface area contributed by atoms with Crippen molar-refractivity contribution in [1.82, 2.24) is 0 Å². The molecule has 176 valence electrons. The standard InChI is InChI=1S/C26H43NO4/c1-3-5-6-8-21-11-15-23(16-12-21)31-25(28)26(17-27)18-29-24(30-19-26)22-13-9-20(7-4-2)10-14-22/h20-24H,3-16,18-19H2,1-2H3. The molecule has 2 saturated carbocycles. The van der Waals surface area contributed by atoms with E-state index in [-0.39, 0.29) is 25.6 Å². The Hall–Kier alpha value is -1.12. The van der Waals surface area contributed by atoms with Gasteiger partial charge < -0.3 is 14.2 Å². The highest BCUT2D eigenvalue weighted by molar-refractivity contribution is 5.80. The van der Waals surface area contributed by atoms with Crippen LogP contribution in [-0.4, -0.2) is 31.6 Å². The van der Waals surface area contributed by atoms with E-state index in [1.54, 1.807) is 0 Å². The van der Waals surface area contributed by atoms with Crippen molar-refractivity contribution < 1.29 is 19.0 Å². The van der Waals surface area contributed by atoms with Crippen molar-refractivity contribution in [2.45, 2.75) is 116 Å². The van der Waals surface area contributed by atoms with Gasteiger partial charge in [-0.25, -0.2) is 0 Å². The van der Waals surface area contributed by atoms with Gasteiger partial charge in [-0.05, 0) is 63.2 Å². The molecule has 0 aromatic heterocycles. The first-order valence-corrected chi connectivity index (χ1v) is 13.0. The minimum absolute atomic E-state index is 0.0632. The van der Waals surface area contributed by atoms with E-state index in [0.29, 0.717) is 5.92 Å². The van der Waals surface area contributed by atoms with Gasteiger partial charge in [-0.1, -0.05) is 52.4 Å². The molecule has 3 fully saturated rings. The zero-order valence-electron chi connectivity index (χ0n) is 19.8. The number of ether oxygens (including phenoxy) is 3. The van der Waals surface area contributed by atoms with Gasteiger partial charge in [-0.2, -0.15) is 5.26 Å². The third-order valence-electron chi connectivity index (χ3n) is 7.85. The van der Waals surface area contributed by atoms with E-state index in [2.05, 4.69) is 19.9 Å². The van der Waals surface area contributed by atoms with Crippen LogP contribution < -0.4 is 0 Å². The average molecular weight is 434 g/mol. The minimum atomic E-state index is -1.31. The third-order valence-corrected chi connectivity index (χ3v) is 7.85. The summed E-state index contributed by atoms with van der Waals surface area (Å²) in [5.41, 5.74) is -1.31. The van der Waals surface area contributed by atoms with Gasteiger partial charge in [0, 0.05) is 5.92 Å². The van der Waals surface area contributed by atoms with Crippen LogP contribution in [-0.2, 0) is 19.0 Å². The van der Waals surface area contributed by atoms with Crippen molar-refractivity contribution in [2.75, 3.05) is 13.2 Å². The van der Waals surface area contributed by atoms with Crippen molar-refractivity contribution in [3.8, 4) is 6.07 Å². The maximum absolute atomic E-state index is 12.9. The molecule has 5 nitrogen and oxygen atoms in total. The molecular weight excluding hydrogens is 390 g/mol. The molecule has 0 bridgehead atoms. The predicted octanol–water partition coefficient (Wildman–Crippen LogP) is 6.16. The second kappa shape index (κ2) is 12.2. The van der Waals surface area contributed by atoms with Crippen LogP contribution >= 0.6 is 0 Å². The highest BCUT2D eigenvalue weighted by Crippen LogP contribution is 2.38. The smallest absolute Gasteiger partial charge is 0.331 e. The SMILES string of the molecule is CCCCCC1CCC(OC(=O)C2(C#N)COC(C3CCC(CCC)CC3)OC2)CC1. The highest BCUT2D eigenvalue weighted by Gasteiger charge is 2.48. The van der Waals surface area contributed by atoms with Crippen molar-refractivity contribution in [3.63, 3.8) is 0 Å². The van der Waals surface area contributed by atoms with E-state index in [9.17, 15) is 10.1 Å². The Morgan fingerprint density at radius 1 is 0.903 bits per heavy atom. The molecule has 2 aliphatic carbocycles. The molecule has 1 saturated heterocycles. The number of unbranched alkanes of at least 4 members (excludes halogenated alkanes) is 2. The maximum Gasteiger partial charge on any atom is 0.331 e. The fourth-order valence-corrected chi connectivity index (χ4v) is 5.68. The molecular formula is C26H43NO4. The second-order valence-corrected chi connectivity index (χ2v) is 10.3. The summed E-state index contributed by atoms with van der Waals surface area (Å²) in [6.07, 6.45) is 16.1. The number of rotatable bonds is 9. The number of carbonyl (C=O) groups is 1. The topological polar surface area (TPSA) is 68.6 Å². The fourth-order valence-electron chi connectivity index (χ4n) is 5.68. The molecule has 3 rings (SSSR count). The molecule has 1 heterocycles. The summed E-state index contributed by atoms with van der Waals surface area (Å²) in [6, 6.07) is 2.17. The molecule has 0 N–H and O–H groups in total. The molecule has 0 atom stereocenters. The zero-order valence-corrected chi connectivity index (χ0v) is 19.8. The van der Waals surface area contributed by atoms with E-state index in [1.807, 2.05) is 0 Å². The van der Waals surface area contributed by atoms with E-state index >= 15 is 0 Å². The lowest BCUT2D eigenvalue weighted by atomic mass is 9.79. The van der Waals surface area contributed by atoms with Gasteiger partial charge in [0.1, 0.15) is 6.10 Å². The Bertz CT molecular complexity index is 577. The summed E-state index contributed by atoms with van der Waals surface area (Å²) in [5, 5.41) is 9.78. The Balaban J connectivity index is 1.41. The Morgan fingerprint density at radius 2 is 1.52 bits per heavy atom. The molecule has 0 aromatic carbocycles. The first-order chi connectivity index (χ1) is 15.1. The van der Waals surface area contributed by atoms with Crippen molar-refractivity contribution >= 4 is 5.97 Å². The molecule has 5 heteroatoms. The van der Waals surface area contributed by atoms with Crippen molar-refractivity contribution in [3.05, 3.63) is 0 Å². The lowest BCUT2D eigenvalue weighted by molar-refractivity contribution is -0.247. The van der Waals surface area contributed by atoms with E-state index in [0.717, 1.165) is 50.4 Å². The van der Waals surface area contributed by atoms with Gasteiger partial charge in [0.15, 0.2) is 6.29 Å². The van der Waals surface area contributed by atoms with Crippen LogP contribution in [0.15, 0.2) is 0 Å². The first kappa shape index (κ1) is 24.5. The molecule has 3 aliphatic rings. The van der Waals surface area contributed by atoms with Crippen LogP contribution in [0.4, 0.5) is 0 Å². The molecule has 31 heavy (non-hydrogen) atoms. The van der Waals surface area contributed by atoms with Gasteiger partial charge in [0.05, 0.1) is 19.3 Å². The van der Waals surface area contributed by atoms with E-state index in [4.69, 9.17) is 14.2 Å². The van der Waals surface area contributed by atoms with Crippen molar-refractivity contribution in [2.24, 2.45) is 23.2 Å². The summed E-state index contributed by atoms with van der Waals surface area (Å²) in [5.74, 6) is 1.53. The monoisotopic (exact) mass is 433 g/mol. The normalized spacial score (nSPS) is 36.5. The number of hydrogen-bond acceptors (Lipinski definition) is 5. The van der Waals surface area contributed by atoms with Crippen LogP contribution in [0.2, 0.25) is 0 Å². The van der Waals surface area contributed by atoms with Crippen LogP contribution in [0.5, 0.6) is 0 Å². The number of carbonyl (C=O) groups excluding carboxylic acids is 1. The first-order valence-electron chi connectivity index (χ1n) is 13.0. The van der Waals surface area contributed by atoms with E-state index < -0.39 is 11.4 Å². The largest absolute Gasteiger partial charge is 0.461 e. The van der Waals surface area contributed by atoms with Crippen LogP contribution in [0.3, 0.4) is 0 Å². The third kappa shape index (κ3) is 6.68. The zero-order chi connectivity index (χ0) is 22.1. The summed E-state index contributed by atoms with van der Waals surface area (Å²) < 4.78 is 17.7. The summed E-state index contributed by atoms with van der Waals surface area (Å²) in [4.78, 5) is 12.9. The minimum Gasteiger partial charge on any atom is -0.461 e. The number of nitriles is 1. The summed E-state index contributed by atoms with van der Waals surface area (Å²) in [7, 11) is 0. The van der Waals surface area contributed by atoms with Gasteiger partial charge in [0.25, 0.3) is 0 Å². The maximum atomic E-state index is 12.9.